The predicted octanol–water partition coefficient (Wildman–Crippen LogP) is 4.00. The third-order valence-electron chi connectivity index (χ3n) is 3.75. The van der Waals surface area contributed by atoms with Gasteiger partial charge in [-0.05, 0) is 36.2 Å². The summed E-state index contributed by atoms with van der Waals surface area (Å²) >= 11 is 5.92. The van der Waals surface area contributed by atoms with Gasteiger partial charge >= 0.3 is 0 Å². The Morgan fingerprint density at radius 3 is 2.63 bits per heavy atom. The SMILES string of the molecule is CCNC(=NCc1cccc(-c2ncn[nH]2)c1)NCc1ccc(Cl)cc1.I. The largest absolute Gasteiger partial charge is 0.357 e. The number of benzene rings is 2. The van der Waals surface area contributed by atoms with Crippen LogP contribution in [0.15, 0.2) is 59.9 Å². The molecule has 0 atom stereocenters. The number of aromatic nitrogens is 3. The van der Waals surface area contributed by atoms with Gasteiger partial charge in [0.05, 0.1) is 6.54 Å². The van der Waals surface area contributed by atoms with Crippen LogP contribution in [-0.4, -0.2) is 27.7 Å². The van der Waals surface area contributed by atoms with Gasteiger partial charge in [0, 0.05) is 23.7 Å². The number of hydrogen-bond acceptors (Lipinski definition) is 3. The summed E-state index contributed by atoms with van der Waals surface area (Å²) < 4.78 is 0. The lowest BCUT2D eigenvalue weighted by molar-refractivity contribution is 0.816. The van der Waals surface area contributed by atoms with Gasteiger partial charge in [0.1, 0.15) is 6.33 Å². The maximum Gasteiger partial charge on any atom is 0.191 e. The zero-order valence-corrected chi connectivity index (χ0v) is 18.0. The first-order valence-electron chi connectivity index (χ1n) is 8.46. The highest BCUT2D eigenvalue weighted by Gasteiger charge is 2.03. The number of hydrogen-bond donors (Lipinski definition) is 3. The Morgan fingerprint density at radius 1 is 1.11 bits per heavy atom. The normalized spacial score (nSPS) is 11.0. The molecule has 0 aliphatic carbocycles. The topological polar surface area (TPSA) is 78.0 Å². The smallest absolute Gasteiger partial charge is 0.191 e. The van der Waals surface area contributed by atoms with Crippen molar-refractivity contribution in [2.75, 3.05) is 6.54 Å². The van der Waals surface area contributed by atoms with Gasteiger partial charge in [-0.15, -0.1) is 24.0 Å². The molecule has 1 aromatic heterocycles. The molecule has 8 heteroatoms. The number of nitrogens with zero attached hydrogens (tertiary/aromatic N) is 3. The van der Waals surface area contributed by atoms with Crippen molar-refractivity contribution >= 4 is 41.5 Å². The Morgan fingerprint density at radius 2 is 1.93 bits per heavy atom. The van der Waals surface area contributed by atoms with Crippen LogP contribution >= 0.6 is 35.6 Å². The van der Waals surface area contributed by atoms with E-state index < -0.39 is 0 Å². The average molecular weight is 497 g/mol. The van der Waals surface area contributed by atoms with Gasteiger partial charge in [0.15, 0.2) is 11.8 Å². The van der Waals surface area contributed by atoms with Crippen molar-refractivity contribution in [2.24, 2.45) is 4.99 Å². The first-order chi connectivity index (χ1) is 12.7. The lowest BCUT2D eigenvalue weighted by atomic mass is 10.1. The Kier molecular flexibility index (Phi) is 8.53. The highest BCUT2D eigenvalue weighted by molar-refractivity contribution is 14.0. The van der Waals surface area contributed by atoms with Crippen LogP contribution < -0.4 is 10.6 Å². The quantitative estimate of drug-likeness (QED) is 0.274. The zero-order chi connectivity index (χ0) is 18.2. The maximum absolute atomic E-state index is 5.92. The van der Waals surface area contributed by atoms with Crippen molar-refractivity contribution in [3.8, 4) is 11.4 Å². The molecule has 0 aliphatic rings. The lowest BCUT2D eigenvalue weighted by Gasteiger charge is -2.11. The Hall–Kier alpha value is -2.13. The second-order valence-electron chi connectivity index (χ2n) is 5.71. The van der Waals surface area contributed by atoms with Gasteiger partial charge in [-0.1, -0.05) is 41.9 Å². The summed E-state index contributed by atoms with van der Waals surface area (Å²) in [5, 5.41) is 14.1. The van der Waals surface area contributed by atoms with E-state index in [0.717, 1.165) is 40.0 Å². The Labute approximate surface area is 180 Å². The molecule has 0 aliphatic heterocycles. The molecule has 0 bridgehead atoms. The van der Waals surface area contributed by atoms with Crippen molar-refractivity contribution in [2.45, 2.75) is 20.0 Å². The first kappa shape index (κ1) is 21.2. The van der Waals surface area contributed by atoms with Crippen LogP contribution in [0, 0.1) is 0 Å². The Bertz CT molecular complexity index is 849. The van der Waals surface area contributed by atoms with Crippen LogP contribution in [-0.2, 0) is 13.1 Å². The molecule has 0 spiro atoms. The van der Waals surface area contributed by atoms with E-state index in [0.29, 0.717) is 13.1 Å². The summed E-state index contributed by atoms with van der Waals surface area (Å²) in [6.45, 7) is 4.09. The van der Waals surface area contributed by atoms with E-state index >= 15 is 0 Å². The number of rotatable bonds is 6. The van der Waals surface area contributed by atoms with Crippen molar-refractivity contribution in [3.05, 3.63) is 71.0 Å². The van der Waals surface area contributed by atoms with Crippen LogP contribution in [0.2, 0.25) is 5.02 Å². The fraction of sp³-hybridized carbons (Fsp3) is 0.211. The minimum Gasteiger partial charge on any atom is -0.357 e. The summed E-state index contributed by atoms with van der Waals surface area (Å²) in [6.07, 6.45) is 1.50. The van der Waals surface area contributed by atoms with Gasteiger partial charge in [-0.2, -0.15) is 5.10 Å². The van der Waals surface area contributed by atoms with Gasteiger partial charge in [0.25, 0.3) is 0 Å². The summed E-state index contributed by atoms with van der Waals surface area (Å²) in [5.74, 6) is 1.52. The van der Waals surface area contributed by atoms with Crippen LogP contribution in [0.25, 0.3) is 11.4 Å². The molecule has 0 unspecified atom stereocenters. The molecule has 27 heavy (non-hydrogen) atoms. The van der Waals surface area contributed by atoms with Crippen molar-refractivity contribution in [3.63, 3.8) is 0 Å². The van der Waals surface area contributed by atoms with Crippen molar-refractivity contribution in [1.82, 2.24) is 25.8 Å². The summed E-state index contributed by atoms with van der Waals surface area (Å²) in [7, 11) is 0. The molecular formula is C19H22ClIN6. The third kappa shape index (κ3) is 6.51. The molecule has 3 rings (SSSR count). The highest BCUT2D eigenvalue weighted by Crippen LogP contribution is 2.16. The van der Waals surface area contributed by atoms with E-state index in [1.54, 1.807) is 0 Å². The minimum atomic E-state index is 0. The van der Waals surface area contributed by atoms with E-state index in [4.69, 9.17) is 11.6 Å². The molecule has 0 saturated carbocycles. The maximum atomic E-state index is 5.92. The fourth-order valence-electron chi connectivity index (χ4n) is 2.46. The number of guanidine groups is 1. The highest BCUT2D eigenvalue weighted by atomic mass is 127. The molecule has 1 heterocycles. The number of aromatic amines is 1. The fourth-order valence-corrected chi connectivity index (χ4v) is 2.59. The molecule has 0 amide bonds. The van der Waals surface area contributed by atoms with Crippen LogP contribution in [0.5, 0.6) is 0 Å². The molecule has 0 fully saturated rings. The predicted molar refractivity (Wildman–Crippen MR) is 120 cm³/mol. The van der Waals surface area contributed by atoms with E-state index in [9.17, 15) is 0 Å². The third-order valence-corrected chi connectivity index (χ3v) is 4.00. The average Bonchev–Trinajstić information content (AvgIpc) is 3.20. The number of H-pyrrole nitrogens is 1. The Balaban J connectivity index is 0.00000261. The standard InChI is InChI=1S/C19H21ClN6.HI/c1-2-21-19(22-11-14-6-8-17(20)9-7-14)23-12-15-4-3-5-16(10-15)18-24-13-25-26-18;/h3-10,13H,2,11-12H2,1H3,(H2,21,22,23)(H,24,25,26);1H. The zero-order valence-electron chi connectivity index (χ0n) is 14.9. The number of nitrogens with one attached hydrogen (secondary N) is 3. The van der Waals surface area contributed by atoms with E-state index in [1.165, 1.54) is 6.33 Å². The molecule has 6 nitrogen and oxygen atoms in total. The van der Waals surface area contributed by atoms with E-state index in [1.807, 2.05) is 49.4 Å². The number of aliphatic imine (C=N–C) groups is 1. The second-order valence-corrected chi connectivity index (χ2v) is 6.15. The molecule has 3 aromatic rings. The van der Waals surface area contributed by atoms with Crippen LogP contribution in [0.1, 0.15) is 18.1 Å². The molecule has 0 saturated heterocycles. The summed E-state index contributed by atoms with van der Waals surface area (Å²) in [5.41, 5.74) is 3.24. The van der Waals surface area contributed by atoms with E-state index in [2.05, 4.69) is 36.9 Å². The molecule has 3 N–H and O–H groups in total. The summed E-state index contributed by atoms with van der Waals surface area (Å²) in [4.78, 5) is 8.85. The minimum absolute atomic E-state index is 0. The number of halogens is 2. The van der Waals surface area contributed by atoms with Crippen molar-refractivity contribution < 1.29 is 0 Å². The van der Waals surface area contributed by atoms with Gasteiger partial charge < -0.3 is 10.6 Å². The second kappa shape index (κ2) is 10.9. The monoisotopic (exact) mass is 496 g/mol. The van der Waals surface area contributed by atoms with Crippen LogP contribution in [0.3, 0.4) is 0 Å². The molecule has 0 radical (unpaired) electrons. The van der Waals surface area contributed by atoms with Crippen molar-refractivity contribution in [1.29, 1.82) is 0 Å². The van der Waals surface area contributed by atoms with Crippen LogP contribution in [0.4, 0.5) is 0 Å². The summed E-state index contributed by atoms with van der Waals surface area (Å²) in [6, 6.07) is 15.9. The van der Waals surface area contributed by atoms with Gasteiger partial charge in [-0.25, -0.2) is 9.98 Å². The molecule has 2 aromatic carbocycles. The molecule has 142 valence electrons. The first-order valence-corrected chi connectivity index (χ1v) is 8.83. The van der Waals surface area contributed by atoms with Gasteiger partial charge in [-0.3, -0.25) is 5.10 Å². The molecular weight excluding hydrogens is 475 g/mol. The van der Waals surface area contributed by atoms with Gasteiger partial charge in [0.2, 0.25) is 0 Å². The van der Waals surface area contributed by atoms with E-state index in [-0.39, 0.29) is 24.0 Å². The lowest BCUT2D eigenvalue weighted by Crippen LogP contribution is -2.36.